The smallest absolute Gasteiger partial charge is 0.302 e. The minimum Gasteiger partial charge on any atom is -0.302 e. The summed E-state index contributed by atoms with van der Waals surface area (Å²) in [6.07, 6.45) is 3.79. The Morgan fingerprint density at radius 3 is 2.58 bits per heavy atom. The lowest BCUT2D eigenvalue weighted by atomic mass is 10.3. The highest BCUT2D eigenvalue weighted by Gasteiger charge is 2.00. The van der Waals surface area contributed by atoms with Gasteiger partial charge >= 0.3 is 5.69 Å². The van der Waals surface area contributed by atoms with Gasteiger partial charge in [-0.25, -0.2) is 4.79 Å². The third-order valence-corrected chi connectivity index (χ3v) is 1.72. The van der Waals surface area contributed by atoms with Gasteiger partial charge in [0.05, 0.1) is 0 Å². The zero-order valence-electron chi connectivity index (χ0n) is 7.28. The molecule has 0 aliphatic carbocycles. The molecule has 1 rings (SSSR count). The fraction of sp³-hybridized carbons (Fsp3) is 0.500. The van der Waals surface area contributed by atoms with E-state index in [9.17, 15) is 9.59 Å². The molecule has 0 unspecified atom stereocenters. The Labute approximate surface area is 70.4 Å². The van der Waals surface area contributed by atoms with E-state index < -0.39 is 0 Å². The number of aryl methyl sites for hydroxylation is 2. The Hall–Kier alpha value is -1.32. The zero-order valence-corrected chi connectivity index (χ0v) is 7.28. The molecular weight excluding hydrogens is 156 g/mol. The topological polar surface area (TPSA) is 44.0 Å². The van der Waals surface area contributed by atoms with Crippen LogP contribution in [0.4, 0.5) is 0 Å². The molecule has 0 spiro atoms. The van der Waals surface area contributed by atoms with Gasteiger partial charge in [-0.15, -0.1) is 0 Å². The van der Waals surface area contributed by atoms with Gasteiger partial charge in [0, 0.05) is 32.4 Å². The van der Waals surface area contributed by atoms with E-state index in [1.807, 2.05) is 0 Å². The number of rotatable bonds is 3. The minimum atomic E-state index is -0.0729. The summed E-state index contributed by atoms with van der Waals surface area (Å²) >= 11 is 0. The van der Waals surface area contributed by atoms with Crippen LogP contribution < -0.4 is 5.69 Å². The van der Waals surface area contributed by atoms with E-state index >= 15 is 0 Å². The Morgan fingerprint density at radius 2 is 2.17 bits per heavy atom. The van der Waals surface area contributed by atoms with Gasteiger partial charge in [-0.05, 0) is 6.92 Å². The van der Waals surface area contributed by atoms with E-state index in [1.165, 1.54) is 16.1 Å². The van der Waals surface area contributed by atoms with Crippen LogP contribution >= 0.6 is 0 Å². The highest BCUT2D eigenvalue weighted by molar-refractivity contribution is 5.75. The second-order valence-electron chi connectivity index (χ2n) is 2.84. The van der Waals surface area contributed by atoms with E-state index in [1.54, 1.807) is 19.4 Å². The van der Waals surface area contributed by atoms with Gasteiger partial charge in [0.1, 0.15) is 5.78 Å². The summed E-state index contributed by atoms with van der Waals surface area (Å²) in [6.45, 7) is 2.00. The fourth-order valence-electron chi connectivity index (χ4n) is 0.959. The second kappa shape index (κ2) is 3.38. The molecule has 0 bridgehead atoms. The summed E-state index contributed by atoms with van der Waals surface area (Å²) in [6, 6.07) is 0. The van der Waals surface area contributed by atoms with Gasteiger partial charge in [0.2, 0.25) is 0 Å². The van der Waals surface area contributed by atoms with Gasteiger partial charge in [0.15, 0.2) is 0 Å². The molecule has 0 N–H and O–H groups in total. The average molecular weight is 168 g/mol. The zero-order chi connectivity index (χ0) is 9.14. The van der Waals surface area contributed by atoms with Crippen molar-refractivity contribution in [1.29, 1.82) is 0 Å². The quantitative estimate of drug-likeness (QED) is 0.645. The maximum atomic E-state index is 11.2. The summed E-state index contributed by atoms with van der Waals surface area (Å²) < 4.78 is 3.02. The molecular formula is C8H12N2O2. The van der Waals surface area contributed by atoms with Crippen molar-refractivity contribution in [2.24, 2.45) is 7.05 Å². The molecule has 66 valence electrons. The molecule has 0 aliphatic heterocycles. The summed E-state index contributed by atoms with van der Waals surface area (Å²) in [7, 11) is 1.69. The van der Waals surface area contributed by atoms with Gasteiger partial charge in [0.25, 0.3) is 0 Å². The Morgan fingerprint density at radius 1 is 1.50 bits per heavy atom. The van der Waals surface area contributed by atoms with E-state index in [4.69, 9.17) is 0 Å². The van der Waals surface area contributed by atoms with Crippen molar-refractivity contribution in [2.75, 3.05) is 0 Å². The number of nitrogens with zero attached hydrogens (tertiary/aromatic N) is 2. The van der Waals surface area contributed by atoms with Crippen LogP contribution in [-0.2, 0) is 18.4 Å². The van der Waals surface area contributed by atoms with Crippen molar-refractivity contribution in [1.82, 2.24) is 9.13 Å². The van der Waals surface area contributed by atoms with E-state index in [0.717, 1.165) is 0 Å². The SMILES string of the molecule is CC(=O)CCn1ccn(C)c1=O. The molecule has 4 nitrogen and oxygen atoms in total. The lowest BCUT2D eigenvalue weighted by Crippen LogP contribution is -2.22. The molecule has 1 aromatic rings. The standard InChI is InChI=1S/C8H12N2O2/c1-7(11)3-4-10-6-5-9(2)8(10)12/h5-6H,3-4H2,1-2H3. The van der Waals surface area contributed by atoms with Crippen molar-refractivity contribution in [3.8, 4) is 0 Å². The Bertz CT molecular complexity index is 335. The van der Waals surface area contributed by atoms with Crippen molar-refractivity contribution in [3.63, 3.8) is 0 Å². The number of hydrogen-bond donors (Lipinski definition) is 0. The molecule has 0 aromatic carbocycles. The summed E-state index contributed by atoms with van der Waals surface area (Å²) in [5.41, 5.74) is -0.0729. The van der Waals surface area contributed by atoms with Crippen molar-refractivity contribution >= 4 is 5.78 Å². The number of ketones is 1. The fourth-order valence-corrected chi connectivity index (χ4v) is 0.959. The monoisotopic (exact) mass is 168 g/mol. The number of hydrogen-bond acceptors (Lipinski definition) is 2. The molecule has 1 aromatic heterocycles. The van der Waals surface area contributed by atoms with Crippen molar-refractivity contribution in [3.05, 3.63) is 22.9 Å². The molecule has 0 aliphatic rings. The average Bonchev–Trinajstić information content (AvgIpc) is 2.30. The highest BCUT2D eigenvalue weighted by atomic mass is 16.1. The third kappa shape index (κ3) is 1.84. The molecule has 1 heterocycles. The number of carbonyl (C=O) groups excluding carboxylic acids is 1. The van der Waals surface area contributed by atoms with E-state index in [0.29, 0.717) is 13.0 Å². The highest BCUT2D eigenvalue weighted by Crippen LogP contribution is 1.88. The first-order valence-electron chi connectivity index (χ1n) is 3.82. The van der Waals surface area contributed by atoms with Crippen LogP contribution in [0, 0.1) is 0 Å². The number of carbonyl (C=O) groups is 1. The van der Waals surface area contributed by atoms with E-state index in [2.05, 4.69) is 0 Å². The van der Waals surface area contributed by atoms with Crippen LogP contribution in [0.5, 0.6) is 0 Å². The first-order valence-corrected chi connectivity index (χ1v) is 3.82. The largest absolute Gasteiger partial charge is 0.327 e. The molecule has 0 amide bonds. The molecule has 0 fully saturated rings. The molecule has 12 heavy (non-hydrogen) atoms. The summed E-state index contributed by atoms with van der Waals surface area (Å²) in [5.74, 6) is 0.103. The van der Waals surface area contributed by atoms with Gasteiger partial charge in [-0.3, -0.25) is 9.36 Å². The number of aromatic nitrogens is 2. The lowest BCUT2D eigenvalue weighted by molar-refractivity contribution is -0.117. The Kier molecular flexibility index (Phi) is 2.47. The first kappa shape index (κ1) is 8.77. The molecule has 0 saturated heterocycles. The van der Waals surface area contributed by atoms with Gasteiger partial charge in [-0.2, -0.15) is 0 Å². The molecule has 0 saturated carbocycles. The van der Waals surface area contributed by atoms with E-state index in [-0.39, 0.29) is 11.5 Å². The molecule has 4 heteroatoms. The first-order chi connectivity index (χ1) is 5.61. The summed E-state index contributed by atoms with van der Waals surface area (Å²) in [4.78, 5) is 21.8. The molecule has 0 radical (unpaired) electrons. The lowest BCUT2D eigenvalue weighted by Gasteiger charge is -1.96. The van der Waals surface area contributed by atoms with Crippen molar-refractivity contribution in [2.45, 2.75) is 19.9 Å². The second-order valence-corrected chi connectivity index (χ2v) is 2.84. The maximum Gasteiger partial charge on any atom is 0.327 e. The molecule has 0 atom stereocenters. The van der Waals surface area contributed by atoms with Gasteiger partial charge < -0.3 is 4.57 Å². The van der Waals surface area contributed by atoms with Crippen LogP contribution in [0.2, 0.25) is 0 Å². The van der Waals surface area contributed by atoms with Crippen LogP contribution in [0.1, 0.15) is 13.3 Å². The van der Waals surface area contributed by atoms with Crippen LogP contribution in [0.3, 0.4) is 0 Å². The minimum absolute atomic E-state index is 0.0729. The normalized spacial score (nSPS) is 10.2. The maximum absolute atomic E-state index is 11.2. The van der Waals surface area contributed by atoms with Crippen LogP contribution in [-0.4, -0.2) is 14.9 Å². The van der Waals surface area contributed by atoms with Gasteiger partial charge in [-0.1, -0.05) is 0 Å². The summed E-state index contributed by atoms with van der Waals surface area (Å²) in [5, 5.41) is 0. The van der Waals surface area contributed by atoms with Crippen molar-refractivity contribution < 1.29 is 4.79 Å². The Balaban J connectivity index is 2.70. The predicted octanol–water partition coefficient (Wildman–Crippen LogP) is 0.166. The number of Topliss-reactive ketones (excluding diaryl/α,β-unsaturated/α-hetero) is 1. The number of imidazole rings is 1. The third-order valence-electron chi connectivity index (χ3n) is 1.72. The predicted molar refractivity (Wildman–Crippen MR) is 45.0 cm³/mol. The van der Waals surface area contributed by atoms with Crippen LogP contribution in [0.25, 0.3) is 0 Å². The van der Waals surface area contributed by atoms with Crippen LogP contribution in [0.15, 0.2) is 17.2 Å².